The lowest BCUT2D eigenvalue weighted by molar-refractivity contribution is -0.140. The summed E-state index contributed by atoms with van der Waals surface area (Å²) in [5.74, 6) is -0.0741. The van der Waals surface area contributed by atoms with Gasteiger partial charge in [-0.3, -0.25) is 9.59 Å². The van der Waals surface area contributed by atoms with Crippen LogP contribution in [0, 0.1) is 5.92 Å². The lowest BCUT2D eigenvalue weighted by atomic mass is 9.99. The summed E-state index contributed by atoms with van der Waals surface area (Å²) in [5, 5.41) is 0. The van der Waals surface area contributed by atoms with Crippen molar-refractivity contribution in [1.82, 2.24) is 14.7 Å². The predicted octanol–water partition coefficient (Wildman–Crippen LogP) is 0.997. The van der Waals surface area contributed by atoms with Crippen molar-refractivity contribution in [1.29, 1.82) is 0 Å². The molecule has 2 atom stereocenters. The van der Waals surface area contributed by atoms with Gasteiger partial charge < -0.3 is 19.4 Å². The Morgan fingerprint density at radius 2 is 1.96 bits per heavy atom. The lowest BCUT2D eigenvalue weighted by Crippen LogP contribution is -2.51. The fourth-order valence-corrected chi connectivity index (χ4v) is 3.73. The van der Waals surface area contributed by atoms with Gasteiger partial charge in [0.2, 0.25) is 11.8 Å². The third-order valence-corrected chi connectivity index (χ3v) is 5.18. The lowest BCUT2D eigenvalue weighted by Gasteiger charge is -2.41. The third kappa shape index (κ3) is 4.02. The number of hydrogen-bond acceptors (Lipinski definition) is 4. The van der Waals surface area contributed by atoms with Crippen LogP contribution in [0.3, 0.4) is 0 Å². The van der Waals surface area contributed by atoms with Crippen molar-refractivity contribution >= 4 is 11.8 Å². The second kappa shape index (κ2) is 7.97. The molecule has 2 fully saturated rings. The first-order valence-corrected chi connectivity index (χ1v) is 8.91. The van der Waals surface area contributed by atoms with Crippen LogP contribution in [0.2, 0.25) is 0 Å². The van der Waals surface area contributed by atoms with Crippen molar-refractivity contribution in [2.45, 2.75) is 12.5 Å². The molecule has 0 aliphatic carbocycles. The number of hydrogen-bond donors (Lipinski definition) is 0. The molecule has 0 bridgehead atoms. The number of nitrogens with zero attached hydrogens (tertiary/aromatic N) is 3. The fourth-order valence-electron chi connectivity index (χ4n) is 3.73. The van der Waals surface area contributed by atoms with Crippen LogP contribution in [-0.2, 0) is 14.3 Å². The quantitative estimate of drug-likeness (QED) is 0.799. The monoisotopic (exact) mass is 345 g/mol. The number of carbonyl (C=O) groups excluding carboxylic acids is 2. The van der Waals surface area contributed by atoms with E-state index >= 15 is 0 Å². The Bertz CT molecular complexity index is 607. The number of likely N-dealkylation sites (tertiary alicyclic amines) is 1. The SMILES string of the molecule is COCCN1C[C@@H](C(=O)N2CCN(C)C[C@H]2c2ccccc2)CC1=O. The van der Waals surface area contributed by atoms with Gasteiger partial charge in [0.1, 0.15) is 0 Å². The highest BCUT2D eigenvalue weighted by atomic mass is 16.5. The summed E-state index contributed by atoms with van der Waals surface area (Å²) >= 11 is 0. The van der Waals surface area contributed by atoms with Gasteiger partial charge in [0, 0.05) is 46.3 Å². The number of amides is 2. The Morgan fingerprint density at radius 3 is 2.68 bits per heavy atom. The van der Waals surface area contributed by atoms with E-state index in [1.807, 2.05) is 23.1 Å². The molecule has 1 aromatic carbocycles. The van der Waals surface area contributed by atoms with E-state index in [0.29, 0.717) is 32.7 Å². The summed E-state index contributed by atoms with van der Waals surface area (Å²) in [4.78, 5) is 31.3. The smallest absolute Gasteiger partial charge is 0.228 e. The second-order valence-electron chi connectivity index (χ2n) is 6.95. The molecule has 6 nitrogen and oxygen atoms in total. The molecule has 0 spiro atoms. The molecule has 2 aliphatic rings. The summed E-state index contributed by atoms with van der Waals surface area (Å²) in [7, 11) is 3.71. The molecule has 0 aromatic heterocycles. The van der Waals surface area contributed by atoms with E-state index in [-0.39, 0.29) is 23.8 Å². The maximum absolute atomic E-state index is 13.2. The molecular formula is C19H27N3O3. The molecule has 3 rings (SSSR count). The van der Waals surface area contributed by atoms with Gasteiger partial charge in [-0.15, -0.1) is 0 Å². The van der Waals surface area contributed by atoms with Gasteiger partial charge in [-0.1, -0.05) is 30.3 Å². The number of ether oxygens (including phenoxy) is 1. The highest BCUT2D eigenvalue weighted by Gasteiger charge is 2.39. The van der Waals surface area contributed by atoms with Crippen LogP contribution in [0.1, 0.15) is 18.0 Å². The summed E-state index contributed by atoms with van der Waals surface area (Å²) in [6.45, 7) is 3.97. The van der Waals surface area contributed by atoms with Gasteiger partial charge in [-0.25, -0.2) is 0 Å². The van der Waals surface area contributed by atoms with E-state index in [1.165, 1.54) is 0 Å². The van der Waals surface area contributed by atoms with Gasteiger partial charge in [-0.2, -0.15) is 0 Å². The highest BCUT2D eigenvalue weighted by molar-refractivity contribution is 5.89. The van der Waals surface area contributed by atoms with Crippen LogP contribution < -0.4 is 0 Å². The topological polar surface area (TPSA) is 53.1 Å². The second-order valence-corrected chi connectivity index (χ2v) is 6.95. The van der Waals surface area contributed by atoms with Crippen molar-refractivity contribution in [2.24, 2.45) is 5.92 Å². The zero-order valence-corrected chi connectivity index (χ0v) is 15.1. The van der Waals surface area contributed by atoms with Crippen LogP contribution in [0.25, 0.3) is 0 Å². The molecule has 0 unspecified atom stereocenters. The van der Waals surface area contributed by atoms with Gasteiger partial charge in [0.25, 0.3) is 0 Å². The predicted molar refractivity (Wildman–Crippen MR) is 95.0 cm³/mol. The molecule has 2 aliphatic heterocycles. The first-order chi connectivity index (χ1) is 12.1. The van der Waals surface area contributed by atoms with Crippen molar-refractivity contribution in [3.8, 4) is 0 Å². The molecule has 25 heavy (non-hydrogen) atoms. The normalized spacial score (nSPS) is 24.8. The van der Waals surface area contributed by atoms with Crippen molar-refractivity contribution in [2.75, 3.05) is 53.5 Å². The molecule has 2 saturated heterocycles. The number of rotatable bonds is 5. The number of methoxy groups -OCH3 is 1. The van der Waals surface area contributed by atoms with E-state index < -0.39 is 0 Å². The molecule has 0 saturated carbocycles. The minimum atomic E-state index is -0.237. The van der Waals surface area contributed by atoms with Gasteiger partial charge in [-0.05, 0) is 12.6 Å². The fraction of sp³-hybridized carbons (Fsp3) is 0.579. The summed E-state index contributed by atoms with van der Waals surface area (Å²) in [6, 6.07) is 10.2. The van der Waals surface area contributed by atoms with Crippen molar-refractivity contribution < 1.29 is 14.3 Å². The summed E-state index contributed by atoms with van der Waals surface area (Å²) in [6.07, 6.45) is 0.316. The van der Waals surface area contributed by atoms with Crippen LogP contribution in [0.4, 0.5) is 0 Å². The van der Waals surface area contributed by atoms with Gasteiger partial charge in [0.05, 0.1) is 18.6 Å². The number of likely N-dealkylation sites (N-methyl/N-ethyl adjacent to an activating group) is 1. The molecule has 6 heteroatoms. The Morgan fingerprint density at radius 1 is 1.20 bits per heavy atom. The molecule has 1 aromatic rings. The van der Waals surface area contributed by atoms with Crippen LogP contribution in [0.5, 0.6) is 0 Å². The highest BCUT2D eigenvalue weighted by Crippen LogP contribution is 2.29. The largest absolute Gasteiger partial charge is 0.383 e. The average Bonchev–Trinajstić information content (AvgIpc) is 3.01. The molecule has 2 amide bonds. The Kier molecular flexibility index (Phi) is 5.71. The molecule has 0 radical (unpaired) electrons. The molecule has 2 heterocycles. The van der Waals surface area contributed by atoms with E-state index in [0.717, 1.165) is 18.7 Å². The standard InChI is InChI=1S/C19H27N3O3/c1-20-8-9-22(17(14-20)15-6-4-3-5-7-15)19(24)16-12-18(23)21(13-16)10-11-25-2/h3-7,16-17H,8-14H2,1-2H3/t16-,17-/m0/s1. The molecular weight excluding hydrogens is 318 g/mol. The Labute approximate surface area is 149 Å². The maximum Gasteiger partial charge on any atom is 0.228 e. The van der Waals surface area contributed by atoms with Gasteiger partial charge in [0.15, 0.2) is 0 Å². The first-order valence-electron chi connectivity index (χ1n) is 8.91. The zero-order chi connectivity index (χ0) is 17.8. The van der Waals surface area contributed by atoms with Crippen molar-refractivity contribution in [3.63, 3.8) is 0 Å². The minimum Gasteiger partial charge on any atom is -0.383 e. The Hall–Kier alpha value is -1.92. The van der Waals surface area contributed by atoms with Crippen LogP contribution in [-0.4, -0.2) is 80.0 Å². The van der Waals surface area contributed by atoms with E-state index in [2.05, 4.69) is 24.1 Å². The zero-order valence-electron chi connectivity index (χ0n) is 15.1. The van der Waals surface area contributed by atoms with Crippen LogP contribution in [0.15, 0.2) is 30.3 Å². The number of carbonyl (C=O) groups is 2. The summed E-state index contributed by atoms with van der Waals surface area (Å²) in [5.41, 5.74) is 1.16. The average molecular weight is 345 g/mol. The van der Waals surface area contributed by atoms with Gasteiger partial charge >= 0.3 is 0 Å². The number of benzene rings is 1. The molecule has 0 N–H and O–H groups in total. The first kappa shape index (κ1) is 17.9. The van der Waals surface area contributed by atoms with Crippen molar-refractivity contribution in [3.05, 3.63) is 35.9 Å². The number of piperazine rings is 1. The minimum absolute atomic E-state index is 0.0515. The van der Waals surface area contributed by atoms with E-state index in [9.17, 15) is 9.59 Å². The van der Waals surface area contributed by atoms with E-state index in [4.69, 9.17) is 4.74 Å². The maximum atomic E-state index is 13.2. The molecule has 136 valence electrons. The van der Waals surface area contributed by atoms with E-state index in [1.54, 1.807) is 12.0 Å². The Balaban J connectivity index is 1.72. The third-order valence-electron chi connectivity index (χ3n) is 5.18. The summed E-state index contributed by atoms with van der Waals surface area (Å²) < 4.78 is 5.06. The van der Waals surface area contributed by atoms with Crippen LogP contribution >= 0.6 is 0 Å².